The topological polar surface area (TPSA) is 169 Å². The molecule has 0 aliphatic heterocycles. The van der Waals surface area contributed by atoms with Gasteiger partial charge in [-0.2, -0.15) is 5.10 Å². The number of amides is 2. The van der Waals surface area contributed by atoms with Gasteiger partial charge >= 0.3 is 0 Å². The van der Waals surface area contributed by atoms with Gasteiger partial charge in [-0.15, -0.1) is 0 Å². The monoisotopic (exact) mass is 567 g/mol. The Morgan fingerprint density at radius 2 is 1.75 bits per heavy atom. The van der Waals surface area contributed by atoms with Crippen LogP contribution in [0, 0.1) is 12.8 Å². The molecule has 40 heavy (non-hydrogen) atoms. The van der Waals surface area contributed by atoms with Crippen LogP contribution in [0.15, 0.2) is 46.5 Å². The number of carbonyl (C=O) groups is 2. The standard InChI is InChI=1S/C27H37N9O3S/c1-18-16-24(35-34-18)31-23-17-22(29-15-14-28-13-5-3-2-4-6-25(37)36-39)32-27(33-23)40-21-11-9-20(10-12-21)30-26(38)19-7-8-19/h9-12,16-17,19,28,39H,2-8,13-15H2,1H3,(H,30,38)(H,36,37)(H3,29,31,32,33,34,35). The van der Waals surface area contributed by atoms with Crippen molar-refractivity contribution in [3.63, 3.8) is 0 Å². The van der Waals surface area contributed by atoms with E-state index in [1.54, 1.807) is 5.48 Å². The summed E-state index contributed by atoms with van der Waals surface area (Å²) < 4.78 is 0. The van der Waals surface area contributed by atoms with Gasteiger partial charge in [0.25, 0.3) is 0 Å². The second kappa shape index (κ2) is 15.2. The molecule has 0 spiro atoms. The first-order valence-corrected chi connectivity index (χ1v) is 14.4. The molecule has 2 heterocycles. The molecule has 1 aliphatic carbocycles. The van der Waals surface area contributed by atoms with Gasteiger partial charge < -0.3 is 21.3 Å². The number of aryl methyl sites for hydroxylation is 1. The lowest BCUT2D eigenvalue weighted by molar-refractivity contribution is -0.129. The number of aromatic nitrogens is 4. The molecule has 0 radical (unpaired) electrons. The van der Waals surface area contributed by atoms with E-state index in [9.17, 15) is 9.59 Å². The van der Waals surface area contributed by atoms with E-state index in [0.29, 0.717) is 35.6 Å². The maximum atomic E-state index is 12.0. The van der Waals surface area contributed by atoms with Gasteiger partial charge in [0, 0.05) is 53.8 Å². The third-order valence-electron chi connectivity index (χ3n) is 6.19. The molecular weight excluding hydrogens is 530 g/mol. The summed E-state index contributed by atoms with van der Waals surface area (Å²) in [6.07, 6.45) is 6.08. The average Bonchev–Trinajstić information content (AvgIpc) is 3.72. The molecule has 13 heteroatoms. The van der Waals surface area contributed by atoms with E-state index in [-0.39, 0.29) is 17.7 Å². The highest BCUT2D eigenvalue weighted by Gasteiger charge is 2.29. The largest absolute Gasteiger partial charge is 0.369 e. The molecule has 1 aliphatic rings. The number of hydrogen-bond donors (Lipinski definition) is 7. The van der Waals surface area contributed by atoms with Crippen molar-refractivity contribution in [1.82, 2.24) is 31.0 Å². The molecule has 1 saturated carbocycles. The highest BCUT2D eigenvalue weighted by Crippen LogP contribution is 2.31. The molecule has 2 aromatic heterocycles. The third-order valence-corrected chi connectivity index (χ3v) is 7.06. The van der Waals surface area contributed by atoms with Gasteiger partial charge in [0.2, 0.25) is 11.8 Å². The zero-order chi connectivity index (χ0) is 28.2. The van der Waals surface area contributed by atoms with Crippen molar-refractivity contribution >= 4 is 46.7 Å². The van der Waals surface area contributed by atoms with Gasteiger partial charge in [-0.1, -0.05) is 12.8 Å². The fourth-order valence-electron chi connectivity index (χ4n) is 3.89. The summed E-state index contributed by atoms with van der Waals surface area (Å²) in [6.45, 7) is 4.29. The fourth-order valence-corrected chi connectivity index (χ4v) is 4.66. The van der Waals surface area contributed by atoms with Crippen molar-refractivity contribution in [3.8, 4) is 0 Å². The molecule has 3 aromatic rings. The zero-order valence-corrected chi connectivity index (χ0v) is 23.4. The molecule has 1 aromatic carbocycles. The number of hydroxylamine groups is 1. The molecule has 1 fully saturated rings. The molecule has 0 bridgehead atoms. The van der Waals surface area contributed by atoms with E-state index in [1.807, 2.05) is 43.3 Å². The lowest BCUT2D eigenvalue weighted by atomic mass is 10.1. The van der Waals surface area contributed by atoms with E-state index < -0.39 is 0 Å². The van der Waals surface area contributed by atoms with E-state index in [4.69, 9.17) is 10.2 Å². The summed E-state index contributed by atoms with van der Waals surface area (Å²) in [4.78, 5) is 33.4. The highest BCUT2D eigenvalue weighted by atomic mass is 32.2. The highest BCUT2D eigenvalue weighted by molar-refractivity contribution is 7.99. The Balaban J connectivity index is 1.27. The Labute approximate surface area is 237 Å². The molecule has 12 nitrogen and oxygen atoms in total. The van der Waals surface area contributed by atoms with E-state index in [2.05, 4.69) is 36.4 Å². The Kier molecular flexibility index (Phi) is 11.1. The van der Waals surface area contributed by atoms with Gasteiger partial charge in [-0.05, 0) is 75.2 Å². The molecule has 0 atom stereocenters. The first-order valence-electron chi connectivity index (χ1n) is 13.6. The van der Waals surface area contributed by atoms with Crippen LogP contribution in [-0.2, 0) is 9.59 Å². The molecular formula is C27H37N9O3S. The van der Waals surface area contributed by atoms with Crippen LogP contribution in [-0.4, -0.2) is 56.8 Å². The minimum absolute atomic E-state index is 0.0889. The van der Waals surface area contributed by atoms with E-state index in [0.717, 1.165) is 67.9 Å². The van der Waals surface area contributed by atoms with Crippen molar-refractivity contribution in [2.45, 2.75) is 61.9 Å². The molecule has 0 saturated heterocycles. The number of aromatic amines is 1. The summed E-state index contributed by atoms with van der Waals surface area (Å²) in [5.41, 5.74) is 3.39. The number of H-pyrrole nitrogens is 1. The maximum Gasteiger partial charge on any atom is 0.243 e. The van der Waals surface area contributed by atoms with Crippen LogP contribution in [0.3, 0.4) is 0 Å². The number of nitrogens with zero attached hydrogens (tertiary/aromatic N) is 3. The average molecular weight is 568 g/mol. The Bertz CT molecular complexity index is 1250. The van der Waals surface area contributed by atoms with E-state index in [1.165, 1.54) is 11.8 Å². The number of unbranched alkanes of at least 4 members (excludes halogenated alkanes) is 3. The Morgan fingerprint density at radius 3 is 2.48 bits per heavy atom. The van der Waals surface area contributed by atoms with Crippen molar-refractivity contribution in [2.24, 2.45) is 5.92 Å². The van der Waals surface area contributed by atoms with Crippen molar-refractivity contribution in [3.05, 3.63) is 42.1 Å². The molecule has 4 rings (SSSR count). The van der Waals surface area contributed by atoms with Crippen LogP contribution in [0.4, 0.5) is 23.1 Å². The number of benzene rings is 1. The summed E-state index contributed by atoms with van der Waals surface area (Å²) >= 11 is 1.44. The summed E-state index contributed by atoms with van der Waals surface area (Å²) in [5, 5.41) is 29.2. The van der Waals surface area contributed by atoms with Gasteiger partial charge in [0.1, 0.15) is 11.6 Å². The van der Waals surface area contributed by atoms with Gasteiger partial charge in [-0.25, -0.2) is 15.4 Å². The molecule has 7 N–H and O–H groups in total. The molecule has 214 valence electrons. The summed E-state index contributed by atoms with van der Waals surface area (Å²) in [6, 6.07) is 11.5. The van der Waals surface area contributed by atoms with Crippen LogP contribution in [0.1, 0.15) is 50.6 Å². The number of carbonyl (C=O) groups excluding carboxylic acids is 2. The Hall–Kier alpha value is -3.68. The Morgan fingerprint density at radius 1 is 0.975 bits per heavy atom. The SMILES string of the molecule is Cc1cc(Nc2cc(NCCNCCCCCCC(=O)NO)nc(Sc3ccc(NC(=O)C4CC4)cc3)n2)n[nH]1. The smallest absolute Gasteiger partial charge is 0.243 e. The van der Waals surface area contributed by atoms with Crippen molar-refractivity contribution < 1.29 is 14.8 Å². The van der Waals surface area contributed by atoms with Crippen LogP contribution >= 0.6 is 11.8 Å². The normalized spacial score (nSPS) is 12.7. The minimum Gasteiger partial charge on any atom is -0.369 e. The molecule has 0 unspecified atom stereocenters. The van der Waals surface area contributed by atoms with Gasteiger partial charge in [0.15, 0.2) is 11.0 Å². The van der Waals surface area contributed by atoms with Crippen LogP contribution in [0.25, 0.3) is 0 Å². The first kappa shape index (κ1) is 29.3. The lowest BCUT2D eigenvalue weighted by Gasteiger charge is -2.11. The number of hydrogen-bond acceptors (Lipinski definition) is 10. The quantitative estimate of drug-likeness (QED) is 0.0543. The van der Waals surface area contributed by atoms with Crippen molar-refractivity contribution in [1.29, 1.82) is 0 Å². The third kappa shape index (κ3) is 10.1. The minimum atomic E-state index is -0.333. The second-order valence-electron chi connectivity index (χ2n) is 9.75. The lowest BCUT2D eigenvalue weighted by Crippen LogP contribution is -2.23. The number of nitrogens with one attached hydrogen (secondary N) is 6. The second-order valence-corrected chi connectivity index (χ2v) is 10.8. The maximum absolute atomic E-state index is 12.0. The number of anilines is 4. The van der Waals surface area contributed by atoms with E-state index >= 15 is 0 Å². The predicted molar refractivity (Wildman–Crippen MR) is 155 cm³/mol. The van der Waals surface area contributed by atoms with Crippen LogP contribution < -0.4 is 26.7 Å². The van der Waals surface area contributed by atoms with Crippen LogP contribution in [0.2, 0.25) is 0 Å². The summed E-state index contributed by atoms with van der Waals surface area (Å²) in [7, 11) is 0. The fraction of sp³-hybridized carbons (Fsp3) is 0.444. The van der Waals surface area contributed by atoms with Gasteiger partial charge in [0.05, 0.1) is 0 Å². The first-order chi connectivity index (χ1) is 19.5. The summed E-state index contributed by atoms with van der Waals surface area (Å²) in [5.74, 6) is 1.92. The predicted octanol–water partition coefficient (Wildman–Crippen LogP) is 4.21. The number of rotatable bonds is 17. The van der Waals surface area contributed by atoms with Gasteiger partial charge in [-0.3, -0.25) is 19.9 Å². The zero-order valence-electron chi connectivity index (χ0n) is 22.6. The molecule has 2 amide bonds. The van der Waals surface area contributed by atoms with Crippen molar-refractivity contribution in [2.75, 3.05) is 35.6 Å². The van der Waals surface area contributed by atoms with Crippen LogP contribution in [0.5, 0.6) is 0 Å².